The Morgan fingerprint density at radius 2 is 1.93 bits per heavy atom. The zero-order chi connectivity index (χ0) is 20.7. The lowest BCUT2D eigenvalue weighted by atomic mass is 10.0. The Hall–Kier alpha value is -1.50. The predicted molar refractivity (Wildman–Crippen MR) is 113 cm³/mol. The number of carbonyl (C=O) groups is 2. The van der Waals surface area contributed by atoms with E-state index in [9.17, 15) is 9.59 Å². The largest absolute Gasteiger partial charge is 0.379 e. The molecule has 0 spiro atoms. The summed E-state index contributed by atoms with van der Waals surface area (Å²) in [6.07, 6.45) is 2.44. The third-order valence-electron chi connectivity index (χ3n) is 4.78. The van der Waals surface area contributed by atoms with E-state index in [2.05, 4.69) is 5.32 Å². The molecule has 1 saturated heterocycles. The highest BCUT2D eigenvalue weighted by atomic mass is 35.5. The molecule has 0 bridgehead atoms. The molecule has 28 heavy (non-hydrogen) atoms. The van der Waals surface area contributed by atoms with Crippen molar-refractivity contribution >= 4 is 40.8 Å². The van der Waals surface area contributed by atoms with Gasteiger partial charge < -0.3 is 19.9 Å². The topological polar surface area (TPSA) is 61.9 Å². The van der Waals surface area contributed by atoms with E-state index in [0.29, 0.717) is 42.0 Å². The Kier molecular flexibility index (Phi) is 8.86. The summed E-state index contributed by atoms with van der Waals surface area (Å²) in [5.74, 6) is 0.0793. The van der Waals surface area contributed by atoms with E-state index in [1.165, 1.54) is 0 Å². The second kappa shape index (κ2) is 10.9. The second-order valence-electron chi connectivity index (χ2n) is 7.26. The first kappa shape index (κ1) is 22.8. The van der Waals surface area contributed by atoms with Gasteiger partial charge in [0, 0.05) is 44.9 Å². The number of hydrogen-bond donors (Lipinski definition) is 1. The number of nitrogens with zero attached hydrogens (tertiary/aromatic N) is 2. The summed E-state index contributed by atoms with van der Waals surface area (Å²) in [6.45, 7) is 8.08. The van der Waals surface area contributed by atoms with Crippen LogP contribution in [0, 0.1) is 0 Å². The summed E-state index contributed by atoms with van der Waals surface area (Å²) >= 11 is 12.0. The average Bonchev–Trinajstić information content (AvgIpc) is 2.64. The third-order valence-corrected chi connectivity index (χ3v) is 5.52. The highest BCUT2D eigenvalue weighted by Gasteiger charge is 2.28. The molecule has 3 amide bonds. The Bertz CT molecular complexity index is 677. The van der Waals surface area contributed by atoms with Crippen LogP contribution >= 0.6 is 23.2 Å². The van der Waals surface area contributed by atoms with Crippen LogP contribution in [0.4, 0.5) is 10.5 Å². The highest BCUT2D eigenvalue weighted by molar-refractivity contribution is 6.42. The van der Waals surface area contributed by atoms with Gasteiger partial charge >= 0.3 is 6.03 Å². The van der Waals surface area contributed by atoms with Crippen LogP contribution in [0.25, 0.3) is 0 Å². The number of likely N-dealkylation sites (tertiary alicyclic amines) is 1. The quantitative estimate of drug-likeness (QED) is 0.641. The number of carbonyl (C=O) groups excluding carboxylic acids is 2. The normalized spacial score (nSPS) is 15.0. The fourth-order valence-corrected chi connectivity index (χ4v) is 3.56. The van der Waals surface area contributed by atoms with E-state index < -0.39 is 0 Å². The van der Waals surface area contributed by atoms with Crippen molar-refractivity contribution in [1.82, 2.24) is 9.80 Å². The first-order chi connectivity index (χ1) is 13.3. The smallest absolute Gasteiger partial charge is 0.322 e. The molecule has 156 valence electrons. The maximum atomic E-state index is 13.0. The molecule has 0 saturated carbocycles. The van der Waals surface area contributed by atoms with Crippen LogP contribution in [0.2, 0.25) is 10.0 Å². The minimum atomic E-state index is -0.177. The molecular formula is C20H29Cl2N3O3. The molecule has 2 rings (SSSR count). The molecule has 0 atom stereocenters. The van der Waals surface area contributed by atoms with E-state index in [1.807, 2.05) is 23.6 Å². The fraction of sp³-hybridized carbons (Fsp3) is 0.600. The number of nitrogens with one attached hydrogen (secondary N) is 1. The second-order valence-corrected chi connectivity index (χ2v) is 8.08. The zero-order valence-electron chi connectivity index (χ0n) is 16.7. The maximum absolute atomic E-state index is 13.0. The summed E-state index contributed by atoms with van der Waals surface area (Å²) in [6, 6.07) is 4.93. The van der Waals surface area contributed by atoms with Crippen LogP contribution in [-0.4, -0.2) is 60.1 Å². The summed E-state index contributed by atoms with van der Waals surface area (Å²) in [5.41, 5.74) is 0.601. The Morgan fingerprint density at radius 1 is 1.25 bits per heavy atom. The number of benzene rings is 1. The summed E-state index contributed by atoms with van der Waals surface area (Å²) in [4.78, 5) is 28.2. The van der Waals surface area contributed by atoms with Gasteiger partial charge in [0.1, 0.15) is 0 Å². The molecule has 1 heterocycles. The van der Waals surface area contributed by atoms with E-state index >= 15 is 0 Å². The van der Waals surface area contributed by atoms with Crippen LogP contribution in [-0.2, 0) is 9.53 Å². The molecule has 0 unspecified atom stereocenters. The van der Waals surface area contributed by atoms with Gasteiger partial charge in [0.2, 0.25) is 5.91 Å². The lowest BCUT2D eigenvalue weighted by Crippen LogP contribution is -2.50. The summed E-state index contributed by atoms with van der Waals surface area (Å²) < 4.78 is 5.61. The van der Waals surface area contributed by atoms with Crippen LogP contribution in [0.1, 0.15) is 40.0 Å². The van der Waals surface area contributed by atoms with Gasteiger partial charge in [-0.1, -0.05) is 23.2 Å². The van der Waals surface area contributed by atoms with Crippen molar-refractivity contribution in [3.63, 3.8) is 0 Å². The molecule has 1 fully saturated rings. The predicted octanol–water partition coefficient (Wildman–Crippen LogP) is 4.65. The van der Waals surface area contributed by atoms with Crippen LogP contribution in [0.5, 0.6) is 0 Å². The van der Waals surface area contributed by atoms with Gasteiger partial charge in [-0.2, -0.15) is 0 Å². The number of hydrogen-bond acceptors (Lipinski definition) is 3. The summed E-state index contributed by atoms with van der Waals surface area (Å²) in [7, 11) is 0. The van der Waals surface area contributed by atoms with Crippen molar-refractivity contribution in [2.24, 2.45) is 0 Å². The van der Waals surface area contributed by atoms with Gasteiger partial charge in [0.25, 0.3) is 0 Å². The highest BCUT2D eigenvalue weighted by Crippen LogP contribution is 2.26. The lowest BCUT2D eigenvalue weighted by Gasteiger charge is -2.38. The average molecular weight is 430 g/mol. The number of piperidine rings is 1. The van der Waals surface area contributed by atoms with Gasteiger partial charge in [0.05, 0.1) is 16.1 Å². The Labute approximate surface area is 177 Å². The number of anilines is 1. The molecule has 1 aliphatic heterocycles. The monoisotopic (exact) mass is 429 g/mol. The van der Waals surface area contributed by atoms with Crippen LogP contribution in [0.15, 0.2) is 18.2 Å². The van der Waals surface area contributed by atoms with Crippen molar-refractivity contribution < 1.29 is 14.3 Å². The fourth-order valence-electron chi connectivity index (χ4n) is 3.27. The van der Waals surface area contributed by atoms with Gasteiger partial charge in [-0.3, -0.25) is 4.79 Å². The number of ether oxygens (including phenoxy) is 1. The number of rotatable bonds is 7. The lowest BCUT2D eigenvalue weighted by molar-refractivity contribution is -0.130. The van der Waals surface area contributed by atoms with E-state index in [0.717, 1.165) is 19.3 Å². The number of urea groups is 1. The SMILES string of the molecule is CC(=O)N1CCC(N(CCCOC(C)C)C(=O)Nc2ccc(Cl)c(Cl)c2)CC1. The van der Waals surface area contributed by atoms with Gasteiger partial charge in [-0.25, -0.2) is 4.79 Å². The zero-order valence-corrected chi connectivity index (χ0v) is 18.2. The standard InChI is InChI=1S/C20H29Cl2N3O3/c1-14(2)28-12-4-9-25(17-7-10-24(11-8-17)15(3)26)20(27)23-16-5-6-18(21)19(22)13-16/h5-6,13-14,17H,4,7-12H2,1-3H3,(H,23,27). The van der Waals surface area contributed by atoms with Crippen molar-refractivity contribution in [1.29, 1.82) is 0 Å². The first-order valence-corrected chi connectivity index (χ1v) is 10.4. The van der Waals surface area contributed by atoms with Crippen molar-refractivity contribution in [3.8, 4) is 0 Å². The molecule has 0 aliphatic carbocycles. The molecule has 1 aromatic rings. The third kappa shape index (κ3) is 6.83. The minimum absolute atomic E-state index is 0.0793. The first-order valence-electron chi connectivity index (χ1n) is 9.67. The maximum Gasteiger partial charge on any atom is 0.322 e. The van der Waals surface area contributed by atoms with Gasteiger partial charge in [0.15, 0.2) is 0 Å². The van der Waals surface area contributed by atoms with E-state index in [1.54, 1.807) is 25.1 Å². The molecule has 6 nitrogen and oxygen atoms in total. The molecule has 0 aromatic heterocycles. The van der Waals surface area contributed by atoms with Gasteiger partial charge in [-0.15, -0.1) is 0 Å². The van der Waals surface area contributed by atoms with Crippen molar-refractivity contribution in [3.05, 3.63) is 28.2 Å². The van der Waals surface area contributed by atoms with Crippen LogP contribution < -0.4 is 5.32 Å². The number of amides is 3. The Morgan fingerprint density at radius 3 is 2.50 bits per heavy atom. The summed E-state index contributed by atoms with van der Waals surface area (Å²) in [5, 5.41) is 3.75. The van der Waals surface area contributed by atoms with Crippen LogP contribution in [0.3, 0.4) is 0 Å². The molecule has 1 aliphatic rings. The van der Waals surface area contributed by atoms with Crippen molar-refractivity contribution in [2.45, 2.75) is 52.2 Å². The molecule has 1 N–H and O–H groups in total. The minimum Gasteiger partial charge on any atom is -0.379 e. The van der Waals surface area contributed by atoms with E-state index in [-0.39, 0.29) is 24.1 Å². The molecule has 0 radical (unpaired) electrons. The molecule has 1 aromatic carbocycles. The van der Waals surface area contributed by atoms with Crippen molar-refractivity contribution in [2.75, 3.05) is 31.6 Å². The molecular weight excluding hydrogens is 401 g/mol. The van der Waals surface area contributed by atoms with E-state index in [4.69, 9.17) is 27.9 Å². The molecule has 8 heteroatoms. The Balaban J connectivity index is 2.02. The number of halogens is 2. The van der Waals surface area contributed by atoms with Gasteiger partial charge in [-0.05, 0) is 51.3 Å².